The lowest BCUT2D eigenvalue weighted by molar-refractivity contribution is 0.355. The molecular weight excluding hydrogens is 535 g/mol. The average molecular weight is 561 g/mol. The summed E-state index contributed by atoms with van der Waals surface area (Å²) < 4.78 is 11.6. The molecule has 1 heterocycles. The van der Waals surface area contributed by atoms with Gasteiger partial charge in [0.1, 0.15) is 0 Å². The monoisotopic (exact) mass is 560 g/mol. The lowest BCUT2D eigenvalue weighted by Gasteiger charge is -2.18. The molecule has 2 aromatic rings. The smallest absolute Gasteiger partial charge is 0.193 e. The first-order valence-corrected chi connectivity index (χ1v) is 9.68. The summed E-state index contributed by atoms with van der Waals surface area (Å²) in [6.07, 6.45) is 1.11. The number of nitrogens with one attached hydrogen (secondary N) is 1. The van der Waals surface area contributed by atoms with Gasteiger partial charge in [0.05, 0.1) is 14.2 Å². The highest BCUT2D eigenvalue weighted by Crippen LogP contribution is 2.29. The topological polar surface area (TPSA) is 72.1 Å². The molecule has 1 aliphatic heterocycles. The maximum atomic E-state index is 6.06. The van der Waals surface area contributed by atoms with Crippen LogP contribution in [0.4, 0.5) is 11.4 Å². The van der Waals surface area contributed by atoms with E-state index >= 15 is 0 Å². The maximum Gasteiger partial charge on any atom is 0.193 e. The number of guanidine groups is 1. The lowest BCUT2D eigenvalue weighted by Crippen LogP contribution is -2.25. The van der Waals surface area contributed by atoms with Gasteiger partial charge in [-0.3, -0.25) is 4.99 Å². The van der Waals surface area contributed by atoms with E-state index in [1.165, 1.54) is 5.69 Å². The van der Waals surface area contributed by atoms with Crippen molar-refractivity contribution in [3.63, 3.8) is 0 Å². The van der Waals surface area contributed by atoms with Crippen molar-refractivity contribution < 1.29 is 9.47 Å². The van der Waals surface area contributed by atoms with E-state index < -0.39 is 0 Å². The van der Waals surface area contributed by atoms with Crippen LogP contribution in [0.3, 0.4) is 0 Å². The van der Waals surface area contributed by atoms with Gasteiger partial charge in [-0.15, -0.1) is 24.0 Å². The summed E-state index contributed by atoms with van der Waals surface area (Å²) in [7, 11) is 3.22. The van der Waals surface area contributed by atoms with Crippen LogP contribution < -0.4 is 25.4 Å². The minimum atomic E-state index is 0. The van der Waals surface area contributed by atoms with Gasteiger partial charge in [-0.1, -0.05) is 15.9 Å². The molecule has 8 heteroatoms. The van der Waals surface area contributed by atoms with Crippen molar-refractivity contribution in [2.75, 3.05) is 44.1 Å². The molecule has 2 aromatic carbocycles. The summed E-state index contributed by atoms with van der Waals surface area (Å²) in [6.45, 7) is 2.75. The third kappa shape index (κ3) is 5.91. The highest BCUT2D eigenvalue weighted by atomic mass is 127. The molecule has 0 aliphatic carbocycles. The lowest BCUT2D eigenvalue weighted by atomic mass is 10.1. The number of nitrogens with zero attached hydrogens (tertiary/aromatic N) is 2. The zero-order valence-electron chi connectivity index (χ0n) is 16.0. The standard InChI is InChI=1S/C20H25BrN4O2.HI/c1-26-18-8-5-16(11-19(18)27-2)24-20(22)23-12-14-9-10-25(13-14)17-6-3-15(21)4-7-17;/h3-8,11,14H,9-10,12-13H2,1-2H3,(H3,22,23,24);1H. The predicted octanol–water partition coefficient (Wildman–Crippen LogP) is 4.34. The molecule has 0 spiro atoms. The number of hydrogen-bond donors (Lipinski definition) is 2. The molecule has 0 radical (unpaired) electrons. The molecular formula is C20H26BrIN4O2. The van der Waals surface area contributed by atoms with E-state index in [0.29, 0.717) is 29.9 Å². The molecule has 3 N–H and O–H groups in total. The van der Waals surface area contributed by atoms with E-state index in [-0.39, 0.29) is 24.0 Å². The minimum Gasteiger partial charge on any atom is -0.493 e. The van der Waals surface area contributed by atoms with E-state index in [9.17, 15) is 0 Å². The molecule has 6 nitrogen and oxygen atoms in total. The number of rotatable bonds is 6. The van der Waals surface area contributed by atoms with Crippen LogP contribution in [-0.2, 0) is 0 Å². The summed E-state index contributed by atoms with van der Waals surface area (Å²) >= 11 is 3.48. The van der Waals surface area contributed by atoms with Gasteiger partial charge in [0.25, 0.3) is 0 Å². The molecule has 1 unspecified atom stereocenters. The van der Waals surface area contributed by atoms with Crippen LogP contribution in [0.5, 0.6) is 11.5 Å². The van der Waals surface area contributed by atoms with Crippen LogP contribution in [0.1, 0.15) is 6.42 Å². The number of nitrogens with two attached hydrogens (primary N) is 1. The molecule has 0 saturated carbocycles. The molecule has 0 bridgehead atoms. The molecule has 152 valence electrons. The zero-order chi connectivity index (χ0) is 19.2. The Kier molecular flexibility index (Phi) is 8.68. The van der Waals surface area contributed by atoms with Crippen molar-refractivity contribution in [2.24, 2.45) is 16.6 Å². The third-order valence-electron chi connectivity index (χ3n) is 4.65. The molecule has 1 saturated heterocycles. The van der Waals surface area contributed by atoms with Crippen LogP contribution in [0.15, 0.2) is 51.9 Å². The van der Waals surface area contributed by atoms with E-state index in [1.54, 1.807) is 14.2 Å². The molecule has 1 fully saturated rings. The van der Waals surface area contributed by atoms with Gasteiger partial charge in [0.2, 0.25) is 0 Å². The Balaban J connectivity index is 0.00000280. The highest BCUT2D eigenvalue weighted by Gasteiger charge is 2.22. The van der Waals surface area contributed by atoms with E-state index in [0.717, 1.165) is 29.7 Å². The summed E-state index contributed by atoms with van der Waals surface area (Å²) in [6, 6.07) is 14.0. The Morgan fingerprint density at radius 3 is 2.57 bits per heavy atom. The molecule has 1 aliphatic rings. The van der Waals surface area contributed by atoms with Crippen molar-refractivity contribution in [1.82, 2.24) is 0 Å². The molecule has 0 aromatic heterocycles. The van der Waals surface area contributed by atoms with Gasteiger partial charge < -0.3 is 25.4 Å². The van der Waals surface area contributed by atoms with Gasteiger partial charge >= 0.3 is 0 Å². The van der Waals surface area contributed by atoms with Gasteiger partial charge in [0.15, 0.2) is 17.5 Å². The fourth-order valence-electron chi connectivity index (χ4n) is 3.20. The number of halogens is 2. The second-order valence-electron chi connectivity index (χ2n) is 6.50. The second-order valence-corrected chi connectivity index (χ2v) is 7.41. The minimum absolute atomic E-state index is 0. The van der Waals surface area contributed by atoms with Crippen molar-refractivity contribution in [2.45, 2.75) is 6.42 Å². The Morgan fingerprint density at radius 1 is 1.18 bits per heavy atom. The quantitative estimate of drug-likeness (QED) is 0.312. The van der Waals surface area contributed by atoms with Gasteiger partial charge in [-0.05, 0) is 48.7 Å². The first-order chi connectivity index (χ1) is 13.1. The van der Waals surface area contributed by atoms with Gasteiger partial charge in [0, 0.05) is 41.5 Å². The van der Waals surface area contributed by atoms with Crippen molar-refractivity contribution in [3.8, 4) is 11.5 Å². The Bertz CT molecular complexity index is 801. The van der Waals surface area contributed by atoms with Crippen molar-refractivity contribution in [3.05, 3.63) is 46.9 Å². The highest BCUT2D eigenvalue weighted by molar-refractivity contribution is 14.0. The molecule has 28 heavy (non-hydrogen) atoms. The van der Waals surface area contributed by atoms with Crippen molar-refractivity contribution >= 4 is 57.2 Å². The van der Waals surface area contributed by atoms with Crippen LogP contribution in [0, 0.1) is 5.92 Å². The van der Waals surface area contributed by atoms with E-state index in [1.807, 2.05) is 18.2 Å². The normalized spacial score (nSPS) is 16.5. The van der Waals surface area contributed by atoms with Crippen LogP contribution in [0.25, 0.3) is 0 Å². The first-order valence-electron chi connectivity index (χ1n) is 8.88. The molecule has 0 amide bonds. The molecule has 3 rings (SSSR count). The summed E-state index contributed by atoms with van der Waals surface area (Å²) in [4.78, 5) is 6.91. The van der Waals surface area contributed by atoms with Gasteiger partial charge in [-0.25, -0.2) is 0 Å². The Hall–Kier alpha value is -1.68. The first kappa shape index (κ1) is 22.6. The van der Waals surface area contributed by atoms with Crippen molar-refractivity contribution in [1.29, 1.82) is 0 Å². The van der Waals surface area contributed by atoms with Crippen LogP contribution >= 0.6 is 39.9 Å². The summed E-state index contributed by atoms with van der Waals surface area (Å²) in [5.41, 5.74) is 8.12. The van der Waals surface area contributed by atoms with Gasteiger partial charge in [-0.2, -0.15) is 0 Å². The Labute approximate surface area is 191 Å². The molecule has 1 atom stereocenters. The summed E-state index contributed by atoms with van der Waals surface area (Å²) in [5.74, 6) is 2.23. The second kappa shape index (κ2) is 10.8. The average Bonchev–Trinajstić information content (AvgIpc) is 3.16. The number of anilines is 2. The number of ether oxygens (including phenoxy) is 2. The Morgan fingerprint density at radius 2 is 1.89 bits per heavy atom. The number of benzene rings is 2. The number of methoxy groups -OCH3 is 2. The largest absolute Gasteiger partial charge is 0.493 e. The van der Waals surface area contributed by atoms with E-state index in [2.05, 4.69) is 55.4 Å². The predicted molar refractivity (Wildman–Crippen MR) is 130 cm³/mol. The SMILES string of the molecule is COc1ccc(NC(N)=NCC2CCN(c3ccc(Br)cc3)C2)cc1OC.I. The maximum absolute atomic E-state index is 6.06. The van der Waals surface area contributed by atoms with E-state index in [4.69, 9.17) is 15.2 Å². The fourth-order valence-corrected chi connectivity index (χ4v) is 3.46. The third-order valence-corrected chi connectivity index (χ3v) is 5.18. The number of aliphatic imine (C=N–C) groups is 1. The summed E-state index contributed by atoms with van der Waals surface area (Å²) in [5, 5.41) is 3.11. The number of hydrogen-bond acceptors (Lipinski definition) is 4. The fraction of sp³-hybridized carbons (Fsp3) is 0.350. The zero-order valence-corrected chi connectivity index (χ0v) is 19.9. The van der Waals surface area contributed by atoms with Crippen LogP contribution in [-0.4, -0.2) is 39.8 Å². The van der Waals surface area contributed by atoms with Crippen LogP contribution in [0.2, 0.25) is 0 Å².